The topological polar surface area (TPSA) is 53.4 Å². The summed E-state index contributed by atoms with van der Waals surface area (Å²) in [5.41, 5.74) is 2.15. The van der Waals surface area contributed by atoms with Crippen LogP contribution in [0.2, 0.25) is 0 Å². The zero-order valence-electron chi connectivity index (χ0n) is 18.3. The van der Waals surface area contributed by atoms with Gasteiger partial charge >= 0.3 is 0 Å². The molecule has 1 aromatic heterocycles. The van der Waals surface area contributed by atoms with Gasteiger partial charge in [0.15, 0.2) is 0 Å². The van der Waals surface area contributed by atoms with Crippen molar-refractivity contribution in [1.29, 1.82) is 0 Å². The number of allylic oxidation sites excluding steroid dienone is 2. The number of aliphatic hydroxyl groups excluding tert-OH is 1. The number of rotatable bonds is 11. The number of fused-ring (bicyclic) bond motifs is 1. The van der Waals surface area contributed by atoms with Gasteiger partial charge in [-0.05, 0) is 82.3 Å². The molecule has 0 aliphatic heterocycles. The van der Waals surface area contributed by atoms with E-state index in [2.05, 4.69) is 42.3 Å². The van der Waals surface area contributed by atoms with Crippen molar-refractivity contribution in [2.75, 3.05) is 0 Å². The van der Waals surface area contributed by atoms with E-state index in [1.807, 2.05) is 19.2 Å². The molecule has 29 heavy (non-hydrogen) atoms. The summed E-state index contributed by atoms with van der Waals surface area (Å²) in [6, 6.07) is 6.14. The fourth-order valence-corrected chi connectivity index (χ4v) is 5.13. The third-order valence-corrected chi connectivity index (χ3v) is 6.84. The molecule has 0 spiro atoms. The molecule has 2 aliphatic carbocycles. The highest BCUT2D eigenvalue weighted by molar-refractivity contribution is 5.21. The molecule has 1 saturated carbocycles. The lowest BCUT2D eigenvalue weighted by molar-refractivity contribution is 0.0513. The summed E-state index contributed by atoms with van der Waals surface area (Å²) in [6.07, 6.45) is 18.8. The van der Waals surface area contributed by atoms with Crippen molar-refractivity contribution in [2.24, 2.45) is 17.8 Å². The first kappa shape index (κ1) is 22.2. The zero-order chi connectivity index (χ0) is 20.7. The Kier molecular flexibility index (Phi) is 8.08. The van der Waals surface area contributed by atoms with Crippen LogP contribution in [0.25, 0.3) is 0 Å². The fourth-order valence-electron chi connectivity index (χ4n) is 5.13. The van der Waals surface area contributed by atoms with Crippen LogP contribution < -0.4 is 0 Å². The van der Waals surface area contributed by atoms with Crippen LogP contribution in [-0.2, 0) is 6.42 Å². The Morgan fingerprint density at radius 1 is 1.21 bits per heavy atom. The van der Waals surface area contributed by atoms with Gasteiger partial charge in [-0.1, -0.05) is 49.6 Å². The first-order valence-electron chi connectivity index (χ1n) is 11.6. The maximum atomic E-state index is 10.5. The van der Waals surface area contributed by atoms with Gasteiger partial charge in [-0.2, -0.15) is 0 Å². The predicted octanol–water partition coefficient (Wildman–Crippen LogP) is 5.63. The molecule has 0 saturated heterocycles. The van der Waals surface area contributed by atoms with E-state index >= 15 is 0 Å². The molecule has 1 aromatic rings. The number of aryl methyl sites for hydroxylation is 1. The number of hydrogen-bond donors (Lipinski definition) is 2. The minimum atomic E-state index is -0.623. The lowest BCUT2D eigenvalue weighted by atomic mass is 9.87. The van der Waals surface area contributed by atoms with Gasteiger partial charge in [0.1, 0.15) is 0 Å². The third-order valence-electron chi connectivity index (χ3n) is 6.84. The number of aromatic nitrogens is 1. The molecule has 2 aliphatic rings. The SMILES string of the molecule is CCCC[C@](C)(O)C/C=C/[C@@H]1[C@H]2CC(CCCCc3ccccn3)=C[C@H]2C[C@H]1O. The number of hydrogen-bond acceptors (Lipinski definition) is 3. The molecule has 0 bridgehead atoms. The van der Waals surface area contributed by atoms with Crippen LogP contribution in [0.15, 0.2) is 48.2 Å². The largest absolute Gasteiger partial charge is 0.392 e. The monoisotopic (exact) mass is 397 g/mol. The summed E-state index contributed by atoms with van der Waals surface area (Å²) < 4.78 is 0. The Balaban J connectivity index is 1.43. The molecule has 0 unspecified atom stereocenters. The van der Waals surface area contributed by atoms with Crippen LogP contribution in [0.5, 0.6) is 0 Å². The molecule has 1 fully saturated rings. The zero-order valence-corrected chi connectivity index (χ0v) is 18.3. The second-order valence-electron chi connectivity index (χ2n) is 9.50. The summed E-state index contributed by atoms with van der Waals surface area (Å²) in [4.78, 5) is 4.41. The molecule has 3 heteroatoms. The van der Waals surface area contributed by atoms with E-state index in [1.54, 1.807) is 5.57 Å². The molecule has 0 aromatic carbocycles. The summed E-state index contributed by atoms with van der Waals surface area (Å²) in [5, 5.41) is 21.0. The Morgan fingerprint density at radius 2 is 2.03 bits per heavy atom. The molecular weight excluding hydrogens is 358 g/mol. The average Bonchev–Trinajstić information content (AvgIpc) is 3.22. The van der Waals surface area contributed by atoms with Gasteiger partial charge in [0, 0.05) is 17.8 Å². The van der Waals surface area contributed by atoms with Crippen LogP contribution in [0.1, 0.15) is 77.3 Å². The van der Waals surface area contributed by atoms with Gasteiger partial charge < -0.3 is 10.2 Å². The maximum Gasteiger partial charge on any atom is 0.0654 e. The molecule has 0 amide bonds. The molecule has 3 nitrogen and oxygen atoms in total. The standard InChI is InChI=1S/C26H39NO2/c1-3-4-14-26(2,29)15-9-13-23-24-18-20(17-21(24)19-25(23)28)10-5-6-11-22-12-7-8-16-27-22/h7-9,12-13,16-17,21,23-25,28-29H,3-6,10-11,14-15,18-19H2,1-2H3/b13-9+/t21-,23+,24-,25+,26-/m0/s1. The molecule has 0 radical (unpaired) electrons. The second kappa shape index (κ2) is 10.5. The van der Waals surface area contributed by atoms with Crippen LogP contribution >= 0.6 is 0 Å². The number of nitrogens with zero attached hydrogens (tertiary/aromatic N) is 1. The van der Waals surface area contributed by atoms with E-state index in [1.165, 1.54) is 25.0 Å². The molecule has 5 atom stereocenters. The normalized spacial score (nSPS) is 28.5. The third kappa shape index (κ3) is 6.52. The van der Waals surface area contributed by atoms with Gasteiger partial charge in [0.2, 0.25) is 0 Å². The van der Waals surface area contributed by atoms with E-state index in [0.717, 1.165) is 38.5 Å². The van der Waals surface area contributed by atoms with E-state index in [0.29, 0.717) is 18.3 Å². The molecule has 1 heterocycles. The van der Waals surface area contributed by atoms with Crippen LogP contribution in [-0.4, -0.2) is 26.9 Å². The van der Waals surface area contributed by atoms with Gasteiger partial charge in [0.25, 0.3) is 0 Å². The molecule has 160 valence electrons. The minimum absolute atomic E-state index is 0.233. The fraction of sp³-hybridized carbons (Fsp3) is 0.654. The second-order valence-corrected chi connectivity index (χ2v) is 9.50. The summed E-state index contributed by atoms with van der Waals surface area (Å²) in [6.45, 7) is 4.09. The van der Waals surface area contributed by atoms with E-state index in [9.17, 15) is 10.2 Å². The van der Waals surface area contributed by atoms with Gasteiger partial charge in [-0.15, -0.1) is 0 Å². The van der Waals surface area contributed by atoms with Gasteiger partial charge in [-0.3, -0.25) is 4.98 Å². The van der Waals surface area contributed by atoms with E-state index in [-0.39, 0.29) is 12.0 Å². The van der Waals surface area contributed by atoms with Crippen molar-refractivity contribution in [2.45, 2.75) is 89.8 Å². The van der Waals surface area contributed by atoms with Crippen molar-refractivity contribution in [1.82, 2.24) is 4.98 Å². The molecule has 3 rings (SSSR count). The summed E-state index contributed by atoms with van der Waals surface area (Å²) in [5.74, 6) is 1.32. The summed E-state index contributed by atoms with van der Waals surface area (Å²) in [7, 11) is 0. The Morgan fingerprint density at radius 3 is 2.79 bits per heavy atom. The highest BCUT2D eigenvalue weighted by Gasteiger charge is 2.43. The van der Waals surface area contributed by atoms with Crippen molar-refractivity contribution in [3.05, 3.63) is 53.9 Å². The molecular formula is C26H39NO2. The van der Waals surface area contributed by atoms with Crippen molar-refractivity contribution in [3.63, 3.8) is 0 Å². The predicted molar refractivity (Wildman–Crippen MR) is 119 cm³/mol. The Labute approximate surface area is 177 Å². The Hall–Kier alpha value is -1.45. The number of unbranched alkanes of at least 4 members (excludes halogenated alkanes) is 2. The van der Waals surface area contributed by atoms with Crippen LogP contribution in [0, 0.1) is 17.8 Å². The highest BCUT2D eigenvalue weighted by Crippen LogP contribution is 2.48. The quantitative estimate of drug-likeness (QED) is 0.376. The van der Waals surface area contributed by atoms with Crippen LogP contribution in [0.3, 0.4) is 0 Å². The lowest BCUT2D eigenvalue weighted by Crippen LogP contribution is -2.23. The number of pyridine rings is 1. The maximum absolute atomic E-state index is 10.5. The minimum Gasteiger partial charge on any atom is -0.392 e. The van der Waals surface area contributed by atoms with Gasteiger partial charge in [-0.25, -0.2) is 0 Å². The first-order valence-corrected chi connectivity index (χ1v) is 11.6. The van der Waals surface area contributed by atoms with Crippen molar-refractivity contribution >= 4 is 0 Å². The Bertz CT molecular complexity index is 679. The highest BCUT2D eigenvalue weighted by atomic mass is 16.3. The van der Waals surface area contributed by atoms with Crippen molar-refractivity contribution in [3.8, 4) is 0 Å². The first-order chi connectivity index (χ1) is 14.0. The van der Waals surface area contributed by atoms with E-state index in [4.69, 9.17) is 0 Å². The average molecular weight is 398 g/mol. The smallest absolute Gasteiger partial charge is 0.0654 e. The molecule has 2 N–H and O–H groups in total. The lowest BCUT2D eigenvalue weighted by Gasteiger charge is -2.22. The van der Waals surface area contributed by atoms with Crippen molar-refractivity contribution < 1.29 is 10.2 Å². The van der Waals surface area contributed by atoms with Crippen LogP contribution in [0.4, 0.5) is 0 Å². The van der Waals surface area contributed by atoms with E-state index < -0.39 is 5.60 Å². The van der Waals surface area contributed by atoms with Gasteiger partial charge in [0.05, 0.1) is 11.7 Å². The summed E-state index contributed by atoms with van der Waals surface area (Å²) >= 11 is 0. The number of aliphatic hydroxyl groups is 2.